The van der Waals surface area contributed by atoms with Crippen LogP contribution in [0.15, 0.2) is 52.2 Å². The highest BCUT2D eigenvalue weighted by molar-refractivity contribution is 14.0. The Hall–Kier alpha value is -1.61. The van der Waals surface area contributed by atoms with Crippen molar-refractivity contribution in [3.05, 3.63) is 54.2 Å². The Balaban J connectivity index is 0.00000261. The quantitative estimate of drug-likeness (QED) is 0.343. The highest BCUT2D eigenvalue weighted by Gasteiger charge is 2.25. The number of aromatic nitrogens is 1. The van der Waals surface area contributed by atoms with Gasteiger partial charge in [0.15, 0.2) is 5.96 Å². The molecular formula is C20H30IN5O. The Morgan fingerprint density at radius 3 is 2.74 bits per heavy atom. The van der Waals surface area contributed by atoms with Crippen molar-refractivity contribution in [3.8, 4) is 0 Å². The number of hydrogen-bond donors (Lipinski definition) is 2. The molecule has 0 aliphatic carbocycles. The van der Waals surface area contributed by atoms with Crippen molar-refractivity contribution in [2.45, 2.75) is 32.2 Å². The molecule has 0 aromatic carbocycles. The summed E-state index contributed by atoms with van der Waals surface area (Å²) in [5.41, 5.74) is 1.08. The standard InChI is InChI=1S/C20H29N5O.HI/c1-2-21-20(23-12-10-17-8-3-4-11-22-17)24-16-18(19-9-7-15-26-19)25-13-5-6-14-25;/h3-4,7-9,11,15,18H,2,5-6,10,12-14,16H2,1H3,(H2,21,23,24);1H. The van der Waals surface area contributed by atoms with Gasteiger partial charge in [-0.3, -0.25) is 14.9 Å². The van der Waals surface area contributed by atoms with Crippen molar-refractivity contribution >= 4 is 29.9 Å². The minimum absolute atomic E-state index is 0. The van der Waals surface area contributed by atoms with Gasteiger partial charge in [-0.2, -0.15) is 0 Å². The van der Waals surface area contributed by atoms with Crippen LogP contribution in [0.5, 0.6) is 0 Å². The molecule has 1 aliphatic rings. The largest absolute Gasteiger partial charge is 0.468 e. The van der Waals surface area contributed by atoms with E-state index in [0.717, 1.165) is 50.0 Å². The molecule has 7 heteroatoms. The first kappa shape index (κ1) is 21.7. The number of likely N-dealkylation sites (tertiary alicyclic amines) is 1. The number of nitrogens with one attached hydrogen (secondary N) is 2. The van der Waals surface area contributed by atoms with Crippen molar-refractivity contribution in [2.24, 2.45) is 4.99 Å². The normalized spacial score (nSPS) is 16.0. The fourth-order valence-corrected chi connectivity index (χ4v) is 3.29. The molecule has 0 bridgehead atoms. The first-order valence-corrected chi connectivity index (χ1v) is 9.56. The molecule has 1 atom stereocenters. The highest BCUT2D eigenvalue weighted by Crippen LogP contribution is 2.25. The van der Waals surface area contributed by atoms with Crippen LogP contribution in [0.25, 0.3) is 0 Å². The monoisotopic (exact) mass is 483 g/mol. The number of guanidine groups is 1. The van der Waals surface area contributed by atoms with Crippen molar-refractivity contribution in [1.82, 2.24) is 20.5 Å². The highest BCUT2D eigenvalue weighted by atomic mass is 127. The molecule has 1 unspecified atom stereocenters. The van der Waals surface area contributed by atoms with Crippen molar-refractivity contribution in [1.29, 1.82) is 0 Å². The Bertz CT molecular complexity index is 656. The molecule has 1 aliphatic heterocycles. The third kappa shape index (κ3) is 6.80. The lowest BCUT2D eigenvalue weighted by Gasteiger charge is -2.24. The molecule has 0 saturated carbocycles. The van der Waals surface area contributed by atoms with E-state index in [9.17, 15) is 0 Å². The van der Waals surface area contributed by atoms with E-state index >= 15 is 0 Å². The van der Waals surface area contributed by atoms with Crippen molar-refractivity contribution < 1.29 is 4.42 Å². The van der Waals surface area contributed by atoms with Crippen LogP contribution < -0.4 is 10.6 Å². The summed E-state index contributed by atoms with van der Waals surface area (Å²) >= 11 is 0. The van der Waals surface area contributed by atoms with Crippen molar-refractivity contribution in [3.63, 3.8) is 0 Å². The SMILES string of the molecule is CCNC(=NCC(c1ccco1)N1CCCC1)NCCc1ccccn1.I. The predicted octanol–water partition coefficient (Wildman–Crippen LogP) is 3.23. The summed E-state index contributed by atoms with van der Waals surface area (Å²) in [7, 11) is 0. The van der Waals surface area contributed by atoms with Gasteiger partial charge in [0, 0.05) is 31.4 Å². The van der Waals surface area contributed by atoms with Crippen LogP contribution in [0.3, 0.4) is 0 Å². The van der Waals surface area contributed by atoms with Gasteiger partial charge in [0.2, 0.25) is 0 Å². The van der Waals surface area contributed by atoms with Gasteiger partial charge in [0.1, 0.15) is 5.76 Å². The topological polar surface area (TPSA) is 65.7 Å². The third-order valence-electron chi connectivity index (χ3n) is 4.62. The molecule has 2 N–H and O–H groups in total. The zero-order chi connectivity index (χ0) is 18.0. The van der Waals surface area contributed by atoms with Gasteiger partial charge in [0.05, 0.1) is 18.8 Å². The van der Waals surface area contributed by atoms with Gasteiger partial charge in [-0.15, -0.1) is 24.0 Å². The molecule has 0 spiro atoms. The van der Waals surface area contributed by atoms with Gasteiger partial charge in [-0.05, 0) is 57.1 Å². The number of hydrogen-bond acceptors (Lipinski definition) is 4. The van der Waals surface area contributed by atoms with Gasteiger partial charge < -0.3 is 15.1 Å². The van der Waals surface area contributed by atoms with Crippen LogP contribution in [0.2, 0.25) is 0 Å². The van der Waals surface area contributed by atoms with Gasteiger partial charge >= 0.3 is 0 Å². The molecule has 3 rings (SSSR count). The second-order valence-corrected chi connectivity index (χ2v) is 6.49. The number of aliphatic imine (C=N–C) groups is 1. The second kappa shape index (κ2) is 12.0. The molecule has 1 saturated heterocycles. The average molecular weight is 483 g/mol. The molecule has 1 fully saturated rings. The summed E-state index contributed by atoms with van der Waals surface area (Å²) in [6.45, 7) is 6.64. The van der Waals surface area contributed by atoms with E-state index in [1.54, 1.807) is 6.26 Å². The Morgan fingerprint density at radius 2 is 2.07 bits per heavy atom. The lowest BCUT2D eigenvalue weighted by atomic mass is 10.2. The maximum Gasteiger partial charge on any atom is 0.191 e. The third-order valence-corrected chi connectivity index (χ3v) is 4.62. The Labute approximate surface area is 178 Å². The minimum atomic E-state index is 0. The summed E-state index contributed by atoms with van der Waals surface area (Å²) in [4.78, 5) is 11.7. The molecular weight excluding hydrogens is 453 g/mol. The first-order valence-electron chi connectivity index (χ1n) is 9.56. The molecule has 27 heavy (non-hydrogen) atoms. The summed E-state index contributed by atoms with van der Waals surface area (Å²) in [5, 5.41) is 6.74. The number of pyridine rings is 1. The number of rotatable bonds is 8. The van der Waals surface area contributed by atoms with E-state index in [0.29, 0.717) is 6.54 Å². The molecule has 0 amide bonds. The van der Waals surface area contributed by atoms with Crippen LogP contribution in [0.4, 0.5) is 0 Å². The zero-order valence-electron chi connectivity index (χ0n) is 15.9. The van der Waals surface area contributed by atoms with Gasteiger partial charge in [-0.1, -0.05) is 6.07 Å². The molecule has 3 heterocycles. The van der Waals surface area contributed by atoms with E-state index in [2.05, 4.69) is 33.5 Å². The zero-order valence-corrected chi connectivity index (χ0v) is 18.3. The second-order valence-electron chi connectivity index (χ2n) is 6.49. The average Bonchev–Trinajstić information content (AvgIpc) is 3.37. The smallest absolute Gasteiger partial charge is 0.191 e. The van der Waals surface area contributed by atoms with Gasteiger partial charge in [-0.25, -0.2) is 0 Å². The van der Waals surface area contributed by atoms with Crippen LogP contribution in [0, 0.1) is 0 Å². The molecule has 0 radical (unpaired) electrons. The summed E-state index contributed by atoms with van der Waals surface area (Å²) in [6.07, 6.45) is 6.96. The lowest BCUT2D eigenvalue weighted by molar-refractivity contribution is 0.221. The Kier molecular flexibility index (Phi) is 9.61. The van der Waals surface area contributed by atoms with E-state index < -0.39 is 0 Å². The minimum Gasteiger partial charge on any atom is -0.468 e. The van der Waals surface area contributed by atoms with Crippen LogP contribution >= 0.6 is 24.0 Å². The van der Waals surface area contributed by atoms with E-state index in [4.69, 9.17) is 9.41 Å². The maximum atomic E-state index is 5.68. The van der Waals surface area contributed by atoms with E-state index in [-0.39, 0.29) is 30.0 Å². The summed E-state index contributed by atoms with van der Waals surface area (Å²) in [5.74, 6) is 1.85. The van der Waals surface area contributed by atoms with Gasteiger partial charge in [0.25, 0.3) is 0 Å². The molecule has 2 aromatic rings. The van der Waals surface area contributed by atoms with E-state index in [1.165, 1.54) is 12.8 Å². The fraction of sp³-hybridized carbons (Fsp3) is 0.500. The molecule has 6 nitrogen and oxygen atoms in total. The number of nitrogens with zero attached hydrogens (tertiary/aromatic N) is 3. The predicted molar refractivity (Wildman–Crippen MR) is 120 cm³/mol. The summed E-state index contributed by atoms with van der Waals surface area (Å²) in [6, 6.07) is 10.2. The Morgan fingerprint density at radius 1 is 1.22 bits per heavy atom. The van der Waals surface area contributed by atoms with Crippen molar-refractivity contribution in [2.75, 3.05) is 32.7 Å². The van der Waals surface area contributed by atoms with Crippen LogP contribution in [0.1, 0.15) is 37.3 Å². The van der Waals surface area contributed by atoms with E-state index in [1.807, 2.05) is 30.5 Å². The maximum absolute atomic E-state index is 5.68. The summed E-state index contributed by atoms with van der Waals surface area (Å²) < 4.78 is 5.68. The molecule has 2 aromatic heterocycles. The van der Waals surface area contributed by atoms with Crippen LogP contribution in [-0.4, -0.2) is 48.6 Å². The lowest BCUT2D eigenvalue weighted by Crippen LogP contribution is -2.39. The number of furan rings is 1. The number of halogens is 1. The van der Waals surface area contributed by atoms with Crippen LogP contribution in [-0.2, 0) is 6.42 Å². The molecule has 148 valence electrons. The first-order chi connectivity index (χ1) is 12.9. The fourth-order valence-electron chi connectivity index (χ4n) is 3.29.